The summed E-state index contributed by atoms with van der Waals surface area (Å²) < 4.78 is 22.1. The maximum absolute atomic E-state index is 12.0. The minimum absolute atomic E-state index is 0.242. The van der Waals surface area contributed by atoms with Crippen molar-refractivity contribution in [1.82, 2.24) is 0 Å². The molecule has 0 fully saturated rings. The van der Waals surface area contributed by atoms with Crippen molar-refractivity contribution >= 4 is 11.9 Å². The van der Waals surface area contributed by atoms with E-state index in [2.05, 4.69) is 0 Å². The maximum Gasteiger partial charge on any atom is 0.331 e. The summed E-state index contributed by atoms with van der Waals surface area (Å²) in [6.45, 7) is 20.0. The Morgan fingerprint density at radius 1 is 0.607 bits per heavy atom. The number of rotatable bonds is 10. The molecule has 0 aliphatic rings. The van der Waals surface area contributed by atoms with Crippen LogP contribution in [0.1, 0.15) is 82.1 Å². The fourth-order valence-corrected chi connectivity index (χ4v) is 2.06. The molecular weight excluding hydrogens is 360 g/mol. The molecule has 0 aromatic carbocycles. The van der Waals surface area contributed by atoms with Gasteiger partial charge in [-0.05, 0) is 69.2 Å². The van der Waals surface area contributed by atoms with Crippen LogP contribution in [0.3, 0.4) is 0 Å². The minimum atomic E-state index is -0.694. The first-order valence-corrected chi connectivity index (χ1v) is 9.83. The molecule has 0 aromatic rings. The molecule has 28 heavy (non-hydrogen) atoms. The van der Waals surface area contributed by atoms with Crippen LogP contribution < -0.4 is 0 Å². The Balaban J connectivity index is 4.42. The Labute approximate surface area is 170 Å². The smallest absolute Gasteiger partial charge is 0.331 e. The Bertz CT molecular complexity index is 484. The van der Waals surface area contributed by atoms with Gasteiger partial charge in [-0.3, -0.25) is 0 Å². The van der Waals surface area contributed by atoms with Crippen LogP contribution in [-0.4, -0.2) is 47.6 Å². The summed E-state index contributed by atoms with van der Waals surface area (Å²) >= 11 is 0. The lowest BCUT2D eigenvalue weighted by Gasteiger charge is -2.27. The molecule has 0 unspecified atom stereocenters. The zero-order valence-corrected chi connectivity index (χ0v) is 19.4. The summed E-state index contributed by atoms with van der Waals surface area (Å²) in [4.78, 5) is 24.0. The molecule has 0 atom stereocenters. The molecule has 0 aliphatic heterocycles. The molecule has 0 aromatic heterocycles. The number of carbonyl (C=O) groups excluding carboxylic acids is 2. The van der Waals surface area contributed by atoms with Crippen LogP contribution in [0.5, 0.6) is 0 Å². The van der Waals surface area contributed by atoms with Gasteiger partial charge >= 0.3 is 11.9 Å². The Morgan fingerprint density at radius 2 is 0.893 bits per heavy atom. The van der Waals surface area contributed by atoms with Crippen LogP contribution in [0.25, 0.3) is 0 Å². The van der Waals surface area contributed by atoms with E-state index in [9.17, 15) is 9.59 Å². The van der Waals surface area contributed by atoms with E-state index >= 15 is 0 Å². The molecule has 6 heteroatoms. The normalized spacial score (nSPS) is 13.6. The SMILES string of the molecule is CC(C)(C)OCCC(C)(C)OC(=O)/C=C/C(=O)OC(C)(C)CCOC(C)(C)C. The van der Waals surface area contributed by atoms with E-state index in [-0.39, 0.29) is 11.2 Å². The third kappa shape index (κ3) is 15.6. The van der Waals surface area contributed by atoms with Crippen molar-refractivity contribution in [3.05, 3.63) is 12.2 Å². The average molecular weight is 401 g/mol. The van der Waals surface area contributed by atoms with Crippen LogP contribution >= 0.6 is 0 Å². The molecule has 0 aliphatic carbocycles. The Hall–Kier alpha value is -1.40. The van der Waals surface area contributed by atoms with Crippen LogP contribution in [0.15, 0.2) is 12.2 Å². The van der Waals surface area contributed by atoms with Crippen molar-refractivity contribution in [3.63, 3.8) is 0 Å². The highest BCUT2D eigenvalue weighted by molar-refractivity contribution is 5.91. The van der Waals surface area contributed by atoms with E-state index in [1.807, 2.05) is 41.5 Å². The van der Waals surface area contributed by atoms with Crippen LogP contribution in [0.4, 0.5) is 0 Å². The Morgan fingerprint density at radius 3 is 1.14 bits per heavy atom. The first-order chi connectivity index (χ1) is 12.4. The van der Waals surface area contributed by atoms with Crippen LogP contribution in [-0.2, 0) is 28.5 Å². The fraction of sp³-hybridized carbons (Fsp3) is 0.818. The van der Waals surface area contributed by atoms with E-state index in [0.29, 0.717) is 26.1 Å². The van der Waals surface area contributed by atoms with Gasteiger partial charge in [0.15, 0.2) is 0 Å². The molecule has 164 valence electrons. The Kier molecular flexibility index (Phi) is 9.88. The monoisotopic (exact) mass is 400 g/mol. The molecule has 0 amide bonds. The third-order valence-corrected chi connectivity index (χ3v) is 3.59. The molecule has 0 radical (unpaired) electrons. The molecule has 0 saturated carbocycles. The fourth-order valence-electron chi connectivity index (χ4n) is 2.06. The molecule has 0 heterocycles. The second-order valence-corrected chi connectivity index (χ2v) is 10.1. The summed E-state index contributed by atoms with van der Waals surface area (Å²) in [5.74, 6) is -1.18. The van der Waals surface area contributed by atoms with Crippen molar-refractivity contribution in [1.29, 1.82) is 0 Å². The summed E-state index contributed by atoms with van der Waals surface area (Å²) in [5, 5.41) is 0. The topological polar surface area (TPSA) is 71.1 Å². The minimum Gasteiger partial charge on any atom is -0.456 e. The summed E-state index contributed by atoms with van der Waals surface area (Å²) in [6, 6.07) is 0. The standard InChI is InChI=1S/C22H40O6/c1-19(2,3)25-15-13-21(7,8)27-17(23)11-12-18(24)28-22(9,10)14-16-26-20(4,5)6/h11-12H,13-16H2,1-10H3/b12-11+. The second kappa shape index (κ2) is 10.4. The molecule has 0 bridgehead atoms. The number of carbonyl (C=O) groups is 2. The summed E-state index contributed by atoms with van der Waals surface area (Å²) in [7, 11) is 0. The first kappa shape index (κ1) is 26.6. The van der Waals surface area contributed by atoms with Gasteiger partial charge in [0.05, 0.1) is 24.4 Å². The number of hydrogen-bond acceptors (Lipinski definition) is 6. The van der Waals surface area contributed by atoms with Crippen molar-refractivity contribution in [2.75, 3.05) is 13.2 Å². The highest BCUT2D eigenvalue weighted by Gasteiger charge is 2.25. The second-order valence-electron chi connectivity index (χ2n) is 10.1. The third-order valence-electron chi connectivity index (χ3n) is 3.59. The molecular formula is C22H40O6. The first-order valence-electron chi connectivity index (χ1n) is 9.83. The molecule has 0 spiro atoms. The average Bonchev–Trinajstić information content (AvgIpc) is 2.40. The van der Waals surface area contributed by atoms with Gasteiger partial charge in [-0.1, -0.05) is 0 Å². The highest BCUT2D eigenvalue weighted by Crippen LogP contribution is 2.19. The molecule has 0 saturated heterocycles. The van der Waals surface area contributed by atoms with Gasteiger partial charge in [-0.15, -0.1) is 0 Å². The van der Waals surface area contributed by atoms with Crippen LogP contribution in [0.2, 0.25) is 0 Å². The zero-order chi connectivity index (χ0) is 22.2. The van der Waals surface area contributed by atoms with Gasteiger partial charge in [0.2, 0.25) is 0 Å². The van der Waals surface area contributed by atoms with Crippen molar-refractivity contribution < 1.29 is 28.5 Å². The molecule has 0 rings (SSSR count). The van der Waals surface area contributed by atoms with Gasteiger partial charge in [0, 0.05) is 25.0 Å². The number of hydrogen-bond donors (Lipinski definition) is 0. The predicted octanol–water partition coefficient (Wildman–Crippen LogP) is 4.60. The van der Waals surface area contributed by atoms with E-state index in [4.69, 9.17) is 18.9 Å². The number of esters is 2. The van der Waals surface area contributed by atoms with Gasteiger partial charge in [-0.25, -0.2) is 9.59 Å². The van der Waals surface area contributed by atoms with Gasteiger partial charge < -0.3 is 18.9 Å². The quantitative estimate of drug-likeness (QED) is 0.394. The van der Waals surface area contributed by atoms with E-state index in [1.54, 1.807) is 27.7 Å². The van der Waals surface area contributed by atoms with E-state index < -0.39 is 23.1 Å². The predicted molar refractivity (Wildman–Crippen MR) is 110 cm³/mol. The highest BCUT2D eigenvalue weighted by atomic mass is 16.6. The summed E-state index contributed by atoms with van der Waals surface area (Å²) in [5.41, 5.74) is -1.87. The van der Waals surface area contributed by atoms with Gasteiger partial charge in [0.25, 0.3) is 0 Å². The lowest BCUT2D eigenvalue weighted by molar-refractivity contribution is -0.155. The van der Waals surface area contributed by atoms with Crippen molar-refractivity contribution in [2.24, 2.45) is 0 Å². The zero-order valence-electron chi connectivity index (χ0n) is 19.4. The lowest BCUT2D eigenvalue weighted by Crippen LogP contribution is -2.32. The van der Waals surface area contributed by atoms with E-state index in [0.717, 1.165) is 12.2 Å². The molecule has 6 nitrogen and oxygen atoms in total. The van der Waals surface area contributed by atoms with E-state index in [1.165, 1.54) is 0 Å². The largest absolute Gasteiger partial charge is 0.456 e. The number of ether oxygens (including phenoxy) is 4. The van der Waals surface area contributed by atoms with Crippen LogP contribution in [0, 0.1) is 0 Å². The summed E-state index contributed by atoms with van der Waals surface area (Å²) in [6.07, 6.45) is 3.29. The lowest BCUT2D eigenvalue weighted by atomic mass is 10.1. The van der Waals surface area contributed by atoms with Crippen molar-refractivity contribution in [2.45, 2.75) is 104 Å². The van der Waals surface area contributed by atoms with Gasteiger partial charge in [0.1, 0.15) is 11.2 Å². The molecule has 0 N–H and O–H groups in total. The maximum atomic E-state index is 12.0. The van der Waals surface area contributed by atoms with Crippen molar-refractivity contribution in [3.8, 4) is 0 Å². The van der Waals surface area contributed by atoms with Gasteiger partial charge in [-0.2, -0.15) is 0 Å².